The number of non-ortho nitro benzene ring substituents is 1. The SMILES string of the molecule is O=C(CSCc1ccccc1Br)N/N=C\c1cc([N+](=O)[O-])ccc1[O-]. The second-order valence-electron chi connectivity index (χ2n) is 4.86. The molecule has 1 N–H and O–H groups in total. The van der Waals surface area contributed by atoms with E-state index >= 15 is 0 Å². The van der Waals surface area contributed by atoms with E-state index < -0.39 is 10.7 Å². The Morgan fingerprint density at radius 2 is 2.08 bits per heavy atom. The number of hydrazone groups is 1. The molecule has 0 atom stereocenters. The second-order valence-corrected chi connectivity index (χ2v) is 6.70. The van der Waals surface area contributed by atoms with Crippen LogP contribution in [-0.2, 0) is 10.5 Å². The molecule has 0 aliphatic rings. The maximum absolute atomic E-state index is 11.7. The molecule has 1 amide bonds. The van der Waals surface area contributed by atoms with Crippen LogP contribution in [0.5, 0.6) is 5.75 Å². The third kappa shape index (κ3) is 5.87. The summed E-state index contributed by atoms with van der Waals surface area (Å²) in [7, 11) is 0. The van der Waals surface area contributed by atoms with Gasteiger partial charge in [0.25, 0.3) is 5.69 Å². The monoisotopic (exact) mass is 422 g/mol. The Kier molecular flexibility index (Phi) is 6.96. The molecule has 130 valence electrons. The number of halogens is 1. The Hall–Kier alpha value is -2.39. The molecule has 0 spiro atoms. The van der Waals surface area contributed by atoms with Crippen molar-refractivity contribution in [1.82, 2.24) is 5.43 Å². The van der Waals surface area contributed by atoms with Gasteiger partial charge < -0.3 is 5.11 Å². The smallest absolute Gasteiger partial charge is 0.270 e. The number of carbonyl (C=O) groups excluding carboxylic acids is 1. The van der Waals surface area contributed by atoms with Crippen molar-refractivity contribution < 1.29 is 14.8 Å². The van der Waals surface area contributed by atoms with Crippen LogP contribution in [0.25, 0.3) is 0 Å². The summed E-state index contributed by atoms with van der Waals surface area (Å²) < 4.78 is 0.981. The number of nitro benzene ring substituents is 1. The van der Waals surface area contributed by atoms with E-state index in [0.717, 1.165) is 34.4 Å². The molecule has 0 saturated heterocycles. The molecular weight excluding hydrogens is 410 g/mol. The highest BCUT2D eigenvalue weighted by molar-refractivity contribution is 9.10. The van der Waals surface area contributed by atoms with Crippen LogP contribution < -0.4 is 10.5 Å². The topological polar surface area (TPSA) is 108 Å². The molecule has 0 unspecified atom stereocenters. The van der Waals surface area contributed by atoms with E-state index in [1.54, 1.807) is 0 Å². The third-order valence-electron chi connectivity index (χ3n) is 3.05. The third-order valence-corrected chi connectivity index (χ3v) is 4.80. The average Bonchev–Trinajstić information content (AvgIpc) is 2.58. The van der Waals surface area contributed by atoms with Gasteiger partial charge in [0, 0.05) is 22.4 Å². The Balaban J connectivity index is 1.83. The molecule has 2 aromatic carbocycles. The molecule has 0 saturated carbocycles. The number of nitrogens with one attached hydrogen (secondary N) is 1. The van der Waals surface area contributed by atoms with Crippen molar-refractivity contribution in [1.29, 1.82) is 0 Å². The molecule has 0 radical (unpaired) electrons. The summed E-state index contributed by atoms with van der Waals surface area (Å²) in [5.41, 5.74) is 3.20. The second kappa shape index (κ2) is 9.19. The van der Waals surface area contributed by atoms with Crippen molar-refractivity contribution in [3.05, 3.63) is 68.2 Å². The van der Waals surface area contributed by atoms with Gasteiger partial charge in [-0.15, -0.1) is 11.8 Å². The Morgan fingerprint density at radius 3 is 2.80 bits per heavy atom. The van der Waals surface area contributed by atoms with Crippen LogP contribution in [-0.4, -0.2) is 22.8 Å². The summed E-state index contributed by atoms with van der Waals surface area (Å²) in [6.07, 6.45) is 1.10. The van der Waals surface area contributed by atoms with Gasteiger partial charge in [-0.2, -0.15) is 5.10 Å². The quantitative estimate of drug-likeness (QED) is 0.419. The van der Waals surface area contributed by atoms with Crippen LogP contribution in [0, 0.1) is 10.1 Å². The molecule has 2 aromatic rings. The minimum atomic E-state index is -0.603. The van der Waals surface area contributed by atoms with E-state index in [9.17, 15) is 20.0 Å². The van der Waals surface area contributed by atoms with Gasteiger partial charge in [0.2, 0.25) is 5.91 Å². The van der Waals surface area contributed by atoms with Gasteiger partial charge in [-0.3, -0.25) is 14.9 Å². The largest absolute Gasteiger partial charge is 0.872 e. The van der Waals surface area contributed by atoms with Crippen molar-refractivity contribution in [3.63, 3.8) is 0 Å². The summed E-state index contributed by atoms with van der Waals surface area (Å²) in [6.45, 7) is 0. The average molecular weight is 423 g/mol. The highest BCUT2D eigenvalue weighted by Gasteiger charge is 2.06. The Bertz CT molecular complexity index is 814. The molecule has 0 bridgehead atoms. The predicted molar refractivity (Wildman–Crippen MR) is 98.6 cm³/mol. The van der Waals surface area contributed by atoms with Crippen LogP contribution in [0.2, 0.25) is 0 Å². The predicted octanol–water partition coefficient (Wildman–Crippen LogP) is 2.81. The number of hydrogen-bond donors (Lipinski definition) is 1. The maximum atomic E-state index is 11.7. The normalized spacial score (nSPS) is 10.8. The van der Waals surface area contributed by atoms with Crippen LogP contribution in [0.3, 0.4) is 0 Å². The molecule has 0 aliphatic carbocycles. The van der Waals surface area contributed by atoms with Crippen molar-refractivity contribution in [2.45, 2.75) is 5.75 Å². The first-order chi connectivity index (χ1) is 12.0. The first-order valence-electron chi connectivity index (χ1n) is 7.06. The fraction of sp³-hybridized carbons (Fsp3) is 0.125. The van der Waals surface area contributed by atoms with Crippen molar-refractivity contribution >= 4 is 45.5 Å². The minimum Gasteiger partial charge on any atom is -0.872 e. The standard InChI is InChI=1S/C16H14BrN3O4S/c17-14-4-2-1-3-11(14)9-25-10-16(22)19-18-8-12-7-13(20(23)24)5-6-15(12)21/h1-8,21H,9-10H2,(H,19,22)/p-1/b18-8-. The molecule has 9 heteroatoms. The van der Waals surface area contributed by atoms with Gasteiger partial charge >= 0.3 is 0 Å². The Labute approximate surface area is 156 Å². The van der Waals surface area contributed by atoms with E-state index in [0.29, 0.717) is 5.75 Å². The number of amides is 1. The van der Waals surface area contributed by atoms with Gasteiger partial charge in [-0.05, 0) is 17.2 Å². The number of benzene rings is 2. The fourth-order valence-electron chi connectivity index (χ4n) is 1.83. The molecular formula is C16H13BrN3O4S-. The van der Waals surface area contributed by atoms with Crippen molar-refractivity contribution in [2.75, 3.05) is 5.75 Å². The molecule has 7 nitrogen and oxygen atoms in total. The number of nitro groups is 1. The lowest BCUT2D eigenvalue weighted by atomic mass is 10.2. The van der Waals surface area contributed by atoms with Crippen molar-refractivity contribution in [2.24, 2.45) is 5.10 Å². The molecule has 0 fully saturated rings. The van der Waals surface area contributed by atoms with E-state index in [2.05, 4.69) is 26.5 Å². The van der Waals surface area contributed by atoms with Crippen LogP contribution >= 0.6 is 27.7 Å². The highest BCUT2D eigenvalue weighted by Crippen LogP contribution is 2.21. The first-order valence-corrected chi connectivity index (χ1v) is 9.00. The summed E-state index contributed by atoms with van der Waals surface area (Å²) >= 11 is 4.86. The summed E-state index contributed by atoms with van der Waals surface area (Å²) in [5, 5.41) is 26.0. The zero-order valence-electron chi connectivity index (χ0n) is 12.8. The Morgan fingerprint density at radius 1 is 1.32 bits per heavy atom. The highest BCUT2D eigenvalue weighted by atomic mass is 79.9. The van der Waals surface area contributed by atoms with Gasteiger partial charge in [-0.25, -0.2) is 5.43 Å². The number of carbonyl (C=O) groups is 1. The molecule has 25 heavy (non-hydrogen) atoms. The minimum absolute atomic E-state index is 0.0374. The van der Waals surface area contributed by atoms with Crippen LogP contribution in [0.15, 0.2) is 52.0 Å². The van der Waals surface area contributed by atoms with Crippen molar-refractivity contribution in [3.8, 4) is 5.75 Å². The molecule has 0 heterocycles. The van der Waals surface area contributed by atoms with Gasteiger partial charge in [-0.1, -0.05) is 45.9 Å². The lowest BCUT2D eigenvalue weighted by Gasteiger charge is -2.08. The van der Waals surface area contributed by atoms with E-state index in [1.165, 1.54) is 11.8 Å². The first kappa shape index (κ1) is 18.9. The lowest BCUT2D eigenvalue weighted by molar-refractivity contribution is -0.385. The van der Waals surface area contributed by atoms with Gasteiger partial charge in [0.05, 0.1) is 16.9 Å². The molecule has 0 aliphatic heterocycles. The van der Waals surface area contributed by atoms with E-state index in [4.69, 9.17) is 0 Å². The lowest BCUT2D eigenvalue weighted by Crippen LogP contribution is -2.19. The zero-order chi connectivity index (χ0) is 18.2. The zero-order valence-corrected chi connectivity index (χ0v) is 15.2. The van der Waals surface area contributed by atoms with E-state index in [1.807, 2.05) is 24.3 Å². The number of rotatable bonds is 7. The molecule has 0 aromatic heterocycles. The van der Waals surface area contributed by atoms with Gasteiger partial charge in [0.15, 0.2) is 0 Å². The number of thioether (sulfide) groups is 1. The number of nitrogens with zero attached hydrogens (tertiary/aromatic N) is 2. The summed E-state index contributed by atoms with van der Waals surface area (Å²) in [5.74, 6) is 0.115. The maximum Gasteiger partial charge on any atom is 0.270 e. The summed E-state index contributed by atoms with van der Waals surface area (Å²) in [4.78, 5) is 21.8. The van der Waals surface area contributed by atoms with E-state index in [-0.39, 0.29) is 22.9 Å². The van der Waals surface area contributed by atoms with Gasteiger partial charge in [0.1, 0.15) is 0 Å². The summed E-state index contributed by atoms with van der Waals surface area (Å²) in [6, 6.07) is 11.1. The number of hydrogen-bond acceptors (Lipinski definition) is 6. The fourth-order valence-corrected chi connectivity index (χ4v) is 3.26. The van der Waals surface area contributed by atoms with Crippen LogP contribution in [0.4, 0.5) is 5.69 Å². The van der Waals surface area contributed by atoms with Crippen LogP contribution in [0.1, 0.15) is 11.1 Å². The molecule has 2 rings (SSSR count).